The van der Waals surface area contributed by atoms with Crippen molar-refractivity contribution in [2.45, 2.75) is 51.6 Å². The van der Waals surface area contributed by atoms with Crippen molar-refractivity contribution in [1.82, 2.24) is 4.90 Å². The molecule has 3 aliphatic rings. The fourth-order valence-corrected chi connectivity index (χ4v) is 6.65. The van der Waals surface area contributed by atoms with Crippen LogP contribution in [0.4, 0.5) is 5.69 Å². The van der Waals surface area contributed by atoms with Crippen molar-refractivity contribution >= 4 is 29.1 Å². The Bertz CT molecular complexity index is 1310. The van der Waals surface area contributed by atoms with Gasteiger partial charge < -0.3 is 4.74 Å². The molecule has 1 fully saturated rings. The Morgan fingerprint density at radius 2 is 1.75 bits per heavy atom. The van der Waals surface area contributed by atoms with Gasteiger partial charge in [-0.1, -0.05) is 30.3 Å². The van der Waals surface area contributed by atoms with Crippen LogP contribution in [0.15, 0.2) is 59.8 Å². The summed E-state index contributed by atoms with van der Waals surface area (Å²) in [5, 5.41) is 0. The predicted octanol–water partition coefficient (Wildman–Crippen LogP) is 3.80. The van der Waals surface area contributed by atoms with Gasteiger partial charge in [0.05, 0.1) is 23.8 Å². The van der Waals surface area contributed by atoms with Gasteiger partial charge in [0.2, 0.25) is 5.91 Å². The first-order valence-electron chi connectivity index (χ1n) is 12.3. The number of methoxy groups -OCH3 is 1. The van der Waals surface area contributed by atoms with Crippen LogP contribution in [-0.4, -0.2) is 48.0 Å². The molecule has 0 unspecified atom stereocenters. The Balaban J connectivity index is 1.80. The van der Waals surface area contributed by atoms with Crippen LogP contribution in [0.5, 0.6) is 0 Å². The van der Waals surface area contributed by atoms with Crippen molar-refractivity contribution < 1.29 is 23.9 Å². The standard InChI is InChI=1S/C29H30N2O5/c1-17(32)21-10-11-25-24(14-21)29-12-13-30(16-20-8-6-5-7-9-20)26(29)22(18(2)33)15-23(28(35)36-4)27(29)31(25)19(3)34/h5-11,14,22,26H,12-13,15-16H2,1-4H3/t22-,26-,29+/m1/s1. The molecule has 3 atom stereocenters. The molecule has 0 saturated carbocycles. The lowest BCUT2D eigenvalue weighted by Crippen LogP contribution is -2.54. The smallest absolute Gasteiger partial charge is 0.335 e. The molecule has 2 heterocycles. The SMILES string of the molecule is COC(=O)C1=C2N(C(C)=O)c3ccc(C(C)=O)cc3[C@]23CCN(Cc2ccccc2)[C@@H]3[C@@H](C(C)=O)C1. The van der Waals surface area contributed by atoms with Gasteiger partial charge in [-0.05, 0) is 56.0 Å². The van der Waals surface area contributed by atoms with Crippen LogP contribution in [0.1, 0.15) is 55.1 Å². The Labute approximate surface area is 210 Å². The number of rotatable bonds is 5. The molecule has 0 bridgehead atoms. The fraction of sp³-hybridized carbons (Fsp3) is 0.379. The molecular weight excluding hydrogens is 456 g/mol. The summed E-state index contributed by atoms with van der Waals surface area (Å²) in [5.74, 6) is -1.30. The zero-order valence-corrected chi connectivity index (χ0v) is 21.0. The number of ether oxygens (including phenoxy) is 1. The van der Waals surface area contributed by atoms with Crippen LogP contribution in [-0.2, 0) is 31.1 Å². The highest BCUT2D eigenvalue weighted by Gasteiger charge is 2.64. The van der Waals surface area contributed by atoms with Gasteiger partial charge >= 0.3 is 5.97 Å². The lowest BCUT2D eigenvalue weighted by Gasteiger charge is -2.45. The zero-order chi connectivity index (χ0) is 25.8. The fourth-order valence-electron chi connectivity index (χ4n) is 6.65. The zero-order valence-electron chi connectivity index (χ0n) is 21.0. The van der Waals surface area contributed by atoms with Gasteiger partial charge in [0.1, 0.15) is 5.78 Å². The number of ketones is 2. The molecule has 186 valence electrons. The van der Waals surface area contributed by atoms with E-state index in [0.29, 0.717) is 42.0 Å². The van der Waals surface area contributed by atoms with Gasteiger partial charge in [-0.15, -0.1) is 0 Å². The summed E-state index contributed by atoms with van der Waals surface area (Å²) in [6, 6.07) is 15.2. The molecule has 7 heteroatoms. The molecule has 2 aliphatic heterocycles. The summed E-state index contributed by atoms with van der Waals surface area (Å²) in [5.41, 5.74) is 3.34. The molecule has 7 nitrogen and oxygen atoms in total. The van der Waals surface area contributed by atoms with Gasteiger partial charge in [0, 0.05) is 43.2 Å². The van der Waals surface area contributed by atoms with Crippen molar-refractivity contribution in [2.24, 2.45) is 5.92 Å². The number of likely N-dealkylation sites (tertiary alicyclic amines) is 1. The first-order valence-corrected chi connectivity index (χ1v) is 12.3. The Morgan fingerprint density at radius 1 is 1.03 bits per heavy atom. The van der Waals surface area contributed by atoms with Gasteiger partial charge in [0.25, 0.3) is 0 Å². The highest BCUT2D eigenvalue weighted by Crippen LogP contribution is 2.62. The summed E-state index contributed by atoms with van der Waals surface area (Å²) in [4.78, 5) is 55.7. The van der Waals surface area contributed by atoms with Crippen molar-refractivity contribution in [2.75, 3.05) is 18.6 Å². The lowest BCUT2D eigenvalue weighted by atomic mass is 9.62. The van der Waals surface area contributed by atoms with E-state index in [-0.39, 0.29) is 29.9 Å². The third kappa shape index (κ3) is 3.45. The molecule has 36 heavy (non-hydrogen) atoms. The number of carbonyl (C=O) groups excluding carboxylic acids is 4. The maximum atomic E-state index is 13.1. The molecule has 2 aromatic carbocycles. The third-order valence-corrected chi connectivity index (χ3v) is 8.05. The van der Waals surface area contributed by atoms with E-state index in [0.717, 1.165) is 11.1 Å². The molecular formula is C29H30N2O5. The van der Waals surface area contributed by atoms with E-state index in [2.05, 4.69) is 17.0 Å². The first-order chi connectivity index (χ1) is 17.2. The minimum atomic E-state index is -0.792. The van der Waals surface area contributed by atoms with Gasteiger partial charge in [-0.25, -0.2) is 4.79 Å². The van der Waals surface area contributed by atoms with E-state index in [1.54, 1.807) is 24.0 Å². The summed E-state index contributed by atoms with van der Waals surface area (Å²) < 4.78 is 5.17. The predicted molar refractivity (Wildman–Crippen MR) is 134 cm³/mol. The van der Waals surface area contributed by atoms with Crippen LogP contribution >= 0.6 is 0 Å². The van der Waals surface area contributed by atoms with E-state index in [9.17, 15) is 19.2 Å². The van der Waals surface area contributed by atoms with Crippen molar-refractivity contribution in [3.05, 3.63) is 76.5 Å². The number of anilines is 1. The van der Waals surface area contributed by atoms with E-state index >= 15 is 0 Å². The molecule has 5 rings (SSSR count). The Morgan fingerprint density at radius 3 is 2.36 bits per heavy atom. The minimum absolute atomic E-state index is 0.00895. The second-order valence-electron chi connectivity index (χ2n) is 10.0. The van der Waals surface area contributed by atoms with E-state index in [1.807, 2.05) is 24.3 Å². The molecule has 2 aromatic rings. The molecule has 1 spiro atoms. The minimum Gasteiger partial charge on any atom is -0.466 e. The van der Waals surface area contributed by atoms with Gasteiger partial charge in [-0.3, -0.25) is 24.2 Å². The second-order valence-corrected chi connectivity index (χ2v) is 10.0. The average Bonchev–Trinajstić information content (AvgIpc) is 3.38. The van der Waals surface area contributed by atoms with Crippen molar-refractivity contribution in [3.8, 4) is 0 Å². The number of benzene rings is 2. The molecule has 1 aliphatic carbocycles. The molecule has 0 radical (unpaired) electrons. The summed E-state index contributed by atoms with van der Waals surface area (Å²) >= 11 is 0. The number of carbonyl (C=O) groups is 4. The normalized spacial score (nSPS) is 24.7. The van der Waals surface area contributed by atoms with Crippen molar-refractivity contribution in [1.29, 1.82) is 0 Å². The third-order valence-electron chi connectivity index (χ3n) is 8.05. The van der Waals surface area contributed by atoms with Crippen molar-refractivity contribution in [3.63, 3.8) is 0 Å². The Hall–Kier alpha value is -3.58. The van der Waals surface area contributed by atoms with Crippen LogP contribution < -0.4 is 4.90 Å². The Kier molecular flexibility index (Phi) is 5.91. The average molecular weight is 487 g/mol. The summed E-state index contributed by atoms with van der Waals surface area (Å²) in [7, 11) is 1.32. The van der Waals surface area contributed by atoms with Crippen LogP contribution in [0.2, 0.25) is 0 Å². The topological polar surface area (TPSA) is 84.0 Å². The highest BCUT2D eigenvalue weighted by atomic mass is 16.5. The number of amides is 1. The largest absolute Gasteiger partial charge is 0.466 e. The van der Waals surface area contributed by atoms with Crippen LogP contribution in [0.3, 0.4) is 0 Å². The maximum absolute atomic E-state index is 13.1. The number of fused-ring (bicyclic) bond motifs is 1. The highest BCUT2D eigenvalue weighted by molar-refractivity contribution is 6.05. The molecule has 0 N–H and O–H groups in total. The van der Waals surface area contributed by atoms with Gasteiger partial charge in [0.15, 0.2) is 5.78 Å². The summed E-state index contributed by atoms with van der Waals surface area (Å²) in [6.07, 6.45) is 0.814. The quantitative estimate of drug-likeness (QED) is 0.472. The van der Waals surface area contributed by atoms with Gasteiger partial charge in [-0.2, -0.15) is 0 Å². The number of hydrogen-bond donors (Lipinski definition) is 0. The van der Waals surface area contributed by atoms with Crippen LogP contribution in [0.25, 0.3) is 0 Å². The molecule has 1 amide bonds. The monoisotopic (exact) mass is 486 g/mol. The van der Waals surface area contributed by atoms with Crippen LogP contribution in [0, 0.1) is 5.92 Å². The van der Waals surface area contributed by atoms with E-state index < -0.39 is 17.3 Å². The molecule has 1 saturated heterocycles. The lowest BCUT2D eigenvalue weighted by molar-refractivity contribution is -0.137. The number of Topliss-reactive ketones (excluding diaryl/α,β-unsaturated/α-hetero) is 2. The van der Waals surface area contributed by atoms with E-state index in [1.165, 1.54) is 21.0 Å². The second kappa shape index (κ2) is 8.82. The number of nitrogens with zero attached hydrogens (tertiary/aromatic N) is 2. The number of hydrogen-bond acceptors (Lipinski definition) is 6. The first kappa shape index (κ1) is 24.1. The molecule has 0 aromatic heterocycles. The van der Waals surface area contributed by atoms with E-state index in [4.69, 9.17) is 4.74 Å². The summed E-state index contributed by atoms with van der Waals surface area (Å²) in [6.45, 7) is 5.88. The number of esters is 1. The maximum Gasteiger partial charge on any atom is 0.335 e.